The lowest BCUT2D eigenvalue weighted by Crippen LogP contribution is -2.50. The van der Waals surface area contributed by atoms with Gasteiger partial charge in [-0.25, -0.2) is 4.98 Å². The van der Waals surface area contributed by atoms with Crippen LogP contribution < -0.4 is 5.32 Å². The van der Waals surface area contributed by atoms with Gasteiger partial charge in [0.25, 0.3) is 5.78 Å². The lowest BCUT2D eigenvalue weighted by molar-refractivity contribution is -0.121. The van der Waals surface area contributed by atoms with Crippen LogP contribution in [0.15, 0.2) is 11.2 Å². The number of hydrogen-bond acceptors (Lipinski definition) is 6. The Kier molecular flexibility index (Phi) is 4.95. The molecule has 0 aliphatic heterocycles. The SMILES string of the molecule is Cc1cc(C)n2c(S[C@@H](C)C(=O)NC3(C#N)CCCCC3)nnc2n1. The Bertz CT molecular complexity index is 834. The second-order valence-corrected chi connectivity index (χ2v) is 7.97. The van der Waals surface area contributed by atoms with E-state index < -0.39 is 5.54 Å². The number of carbonyl (C=O) groups is 1. The van der Waals surface area contributed by atoms with Crippen LogP contribution in [0.5, 0.6) is 0 Å². The van der Waals surface area contributed by atoms with Crippen molar-refractivity contribution in [3.05, 3.63) is 17.5 Å². The molecular formula is C17H22N6OS. The summed E-state index contributed by atoms with van der Waals surface area (Å²) >= 11 is 1.33. The topological polar surface area (TPSA) is 96.0 Å². The molecule has 7 nitrogen and oxygen atoms in total. The Hall–Kier alpha value is -2.14. The Labute approximate surface area is 151 Å². The predicted molar refractivity (Wildman–Crippen MR) is 95.1 cm³/mol. The summed E-state index contributed by atoms with van der Waals surface area (Å²) in [6, 6.07) is 4.28. The summed E-state index contributed by atoms with van der Waals surface area (Å²) in [5.41, 5.74) is 1.14. The molecule has 2 aromatic rings. The number of hydrogen-bond donors (Lipinski definition) is 1. The second-order valence-electron chi connectivity index (χ2n) is 6.66. The molecular weight excluding hydrogens is 336 g/mol. The van der Waals surface area contributed by atoms with Gasteiger partial charge in [-0.15, -0.1) is 10.2 Å². The van der Waals surface area contributed by atoms with Crippen molar-refractivity contribution in [3.63, 3.8) is 0 Å². The van der Waals surface area contributed by atoms with Crippen LogP contribution >= 0.6 is 11.8 Å². The summed E-state index contributed by atoms with van der Waals surface area (Å²) in [6.07, 6.45) is 4.54. The van der Waals surface area contributed by atoms with Crippen molar-refractivity contribution in [2.45, 2.75) is 68.8 Å². The molecule has 0 radical (unpaired) electrons. The molecule has 1 aliphatic rings. The van der Waals surface area contributed by atoms with E-state index in [4.69, 9.17) is 0 Å². The van der Waals surface area contributed by atoms with Gasteiger partial charge >= 0.3 is 0 Å². The number of nitrogens with one attached hydrogen (secondary N) is 1. The van der Waals surface area contributed by atoms with Gasteiger partial charge in [-0.05, 0) is 39.7 Å². The number of thioether (sulfide) groups is 1. The quantitative estimate of drug-likeness (QED) is 0.844. The minimum Gasteiger partial charge on any atom is -0.337 e. The molecule has 0 spiro atoms. The highest BCUT2D eigenvalue weighted by Crippen LogP contribution is 2.29. The van der Waals surface area contributed by atoms with E-state index in [1.807, 2.05) is 31.2 Å². The fourth-order valence-electron chi connectivity index (χ4n) is 3.25. The third-order valence-electron chi connectivity index (χ3n) is 4.60. The van der Waals surface area contributed by atoms with E-state index in [1.165, 1.54) is 11.8 Å². The zero-order chi connectivity index (χ0) is 18.0. The summed E-state index contributed by atoms with van der Waals surface area (Å²) in [6.45, 7) is 5.70. The van der Waals surface area contributed by atoms with Crippen LogP contribution in [0.25, 0.3) is 5.78 Å². The number of aryl methyl sites for hydroxylation is 2. The first-order valence-electron chi connectivity index (χ1n) is 8.53. The van der Waals surface area contributed by atoms with E-state index in [2.05, 4.69) is 26.6 Å². The Morgan fingerprint density at radius 1 is 1.36 bits per heavy atom. The van der Waals surface area contributed by atoms with E-state index in [-0.39, 0.29) is 11.2 Å². The molecule has 1 fully saturated rings. The highest BCUT2D eigenvalue weighted by molar-refractivity contribution is 8.00. The first-order valence-corrected chi connectivity index (χ1v) is 9.41. The number of amides is 1. The zero-order valence-corrected chi connectivity index (χ0v) is 15.6. The van der Waals surface area contributed by atoms with Crippen LogP contribution in [0.2, 0.25) is 0 Å². The van der Waals surface area contributed by atoms with Crippen molar-refractivity contribution in [2.75, 3.05) is 0 Å². The molecule has 0 bridgehead atoms. The molecule has 3 rings (SSSR count). The number of aromatic nitrogens is 4. The number of nitriles is 1. The number of nitrogens with zero attached hydrogens (tertiary/aromatic N) is 5. The molecule has 1 N–H and O–H groups in total. The third kappa shape index (κ3) is 3.61. The number of rotatable bonds is 4. The lowest BCUT2D eigenvalue weighted by atomic mass is 9.83. The lowest BCUT2D eigenvalue weighted by Gasteiger charge is -2.32. The number of fused-ring (bicyclic) bond motifs is 1. The van der Waals surface area contributed by atoms with Gasteiger partial charge in [-0.2, -0.15) is 5.26 Å². The summed E-state index contributed by atoms with van der Waals surface area (Å²) in [4.78, 5) is 17.0. The average molecular weight is 358 g/mol. The minimum absolute atomic E-state index is 0.136. The largest absolute Gasteiger partial charge is 0.337 e. The molecule has 8 heteroatoms. The van der Waals surface area contributed by atoms with Crippen molar-refractivity contribution < 1.29 is 4.79 Å². The summed E-state index contributed by atoms with van der Waals surface area (Å²) < 4.78 is 1.85. The molecule has 132 valence electrons. The molecule has 1 amide bonds. The van der Waals surface area contributed by atoms with Gasteiger partial charge in [0.15, 0.2) is 5.16 Å². The summed E-state index contributed by atoms with van der Waals surface area (Å²) in [5, 5.41) is 21.0. The number of carbonyl (C=O) groups excluding carboxylic acids is 1. The Balaban J connectivity index is 1.75. The van der Waals surface area contributed by atoms with Gasteiger partial charge in [-0.1, -0.05) is 31.0 Å². The molecule has 0 aromatic carbocycles. The highest BCUT2D eigenvalue weighted by atomic mass is 32.2. The first kappa shape index (κ1) is 17.7. The maximum atomic E-state index is 12.6. The molecule has 25 heavy (non-hydrogen) atoms. The molecule has 2 aromatic heterocycles. The highest BCUT2D eigenvalue weighted by Gasteiger charge is 2.35. The molecule has 1 atom stereocenters. The predicted octanol–water partition coefficient (Wildman–Crippen LogP) is 2.56. The van der Waals surface area contributed by atoms with E-state index in [0.717, 1.165) is 43.5 Å². The van der Waals surface area contributed by atoms with Gasteiger partial charge in [0.2, 0.25) is 5.91 Å². The fraction of sp³-hybridized carbons (Fsp3) is 0.588. The van der Waals surface area contributed by atoms with Gasteiger partial charge in [-0.3, -0.25) is 9.20 Å². The first-order chi connectivity index (χ1) is 11.9. The fourth-order valence-corrected chi connectivity index (χ4v) is 4.15. The third-order valence-corrected chi connectivity index (χ3v) is 5.64. The molecule has 0 saturated heterocycles. The van der Waals surface area contributed by atoms with Crippen LogP contribution in [0.1, 0.15) is 50.4 Å². The normalized spacial score (nSPS) is 17.8. The average Bonchev–Trinajstić information content (AvgIpc) is 2.98. The molecule has 1 saturated carbocycles. The van der Waals surface area contributed by atoms with Crippen molar-refractivity contribution in [2.24, 2.45) is 0 Å². The van der Waals surface area contributed by atoms with Gasteiger partial charge in [0.05, 0.1) is 11.3 Å². The van der Waals surface area contributed by atoms with Crippen molar-refractivity contribution in [1.29, 1.82) is 5.26 Å². The van der Waals surface area contributed by atoms with Crippen LogP contribution in [0, 0.1) is 25.2 Å². The van der Waals surface area contributed by atoms with E-state index in [1.54, 1.807) is 0 Å². The summed E-state index contributed by atoms with van der Waals surface area (Å²) in [7, 11) is 0. The van der Waals surface area contributed by atoms with Crippen LogP contribution in [-0.4, -0.2) is 36.3 Å². The van der Waals surface area contributed by atoms with Gasteiger partial charge < -0.3 is 5.32 Å². The monoisotopic (exact) mass is 358 g/mol. The standard InChI is InChI=1S/C17H22N6OS/c1-11-9-12(2)23-15(19-11)21-22-16(23)25-13(3)14(24)20-17(10-18)7-5-4-6-8-17/h9,13H,4-8H2,1-3H3,(H,20,24)/t13-/m0/s1. The molecule has 0 unspecified atom stereocenters. The Morgan fingerprint density at radius 2 is 2.08 bits per heavy atom. The second kappa shape index (κ2) is 7.00. The van der Waals surface area contributed by atoms with Crippen molar-refractivity contribution in [1.82, 2.24) is 24.9 Å². The maximum absolute atomic E-state index is 12.6. The van der Waals surface area contributed by atoms with Crippen LogP contribution in [-0.2, 0) is 4.79 Å². The summed E-state index contributed by atoms with van der Waals surface area (Å²) in [5.74, 6) is 0.399. The van der Waals surface area contributed by atoms with E-state index in [0.29, 0.717) is 10.9 Å². The van der Waals surface area contributed by atoms with E-state index >= 15 is 0 Å². The van der Waals surface area contributed by atoms with Crippen LogP contribution in [0.3, 0.4) is 0 Å². The van der Waals surface area contributed by atoms with Crippen molar-refractivity contribution >= 4 is 23.4 Å². The van der Waals surface area contributed by atoms with Crippen LogP contribution in [0.4, 0.5) is 0 Å². The van der Waals surface area contributed by atoms with Crippen molar-refractivity contribution in [3.8, 4) is 6.07 Å². The van der Waals surface area contributed by atoms with E-state index in [9.17, 15) is 10.1 Å². The zero-order valence-electron chi connectivity index (χ0n) is 14.7. The smallest absolute Gasteiger partial charge is 0.256 e. The molecule has 2 heterocycles. The van der Waals surface area contributed by atoms with Gasteiger partial charge in [0, 0.05) is 11.4 Å². The minimum atomic E-state index is -0.717. The maximum Gasteiger partial charge on any atom is 0.256 e. The van der Waals surface area contributed by atoms with Gasteiger partial charge in [0.1, 0.15) is 5.54 Å². The molecule has 1 aliphatic carbocycles. The Morgan fingerprint density at radius 3 is 2.76 bits per heavy atom.